The average molecular weight is 532 g/mol. The maximum absolute atomic E-state index is 13.3. The average Bonchev–Trinajstić information content (AvgIpc) is 3.62. The summed E-state index contributed by atoms with van der Waals surface area (Å²) < 4.78 is 5.84. The lowest BCUT2D eigenvalue weighted by molar-refractivity contribution is 0.0240. The molecule has 0 radical (unpaired) electrons. The Balaban J connectivity index is 1.37. The Hall–Kier alpha value is -3.13. The monoisotopic (exact) mass is 531 g/mol. The van der Waals surface area contributed by atoms with Crippen LogP contribution in [0.25, 0.3) is 16.6 Å². The van der Waals surface area contributed by atoms with E-state index < -0.39 is 5.60 Å². The second-order valence-corrected chi connectivity index (χ2v) is 13.1. The number of aromatic nitrogens is 3. The summed E-state index contributed by atoms with van der Waals surface area (Å²) in [6, 6.07) is 2.32. The number of thiazole rings is 1. The minimum Gasteiger partial charge on any atom is -0.444 e. The molecule has 200 valence electrons. The first kappa shape index (κ1) is 25.2. The zero-order valence-electron chi connectivity index (χ0n) is 23.0. The molecule has 2 saturated heterocycles. The number of aromatic amines is 1. The number of ether oxygens (including phenoxy) is 1. The van der Waals surface area contributed by atoms with Crippen molar-refractivity contribution < 1.29 is 9.53 Å². The van der Waals surface area contributed by atoms with Gasteiger partial charge in [0.1, 0.15) is 16.2 Å². The van der Waals surface area contributed by atoms with Gasteiger partial charge in [0.15, 0.2) is 0 Å². The van der Waals surface area contributed by atoms with Crippen LogP contribution >= 0.6 is 11.3 Å². The molecule has 1 N–H and O–H groups in total. The number of hydrogen-bond donors (Lipinski definition) is 1. The molecule has 3 aliphatic rings. The van der Waals surface area contributed by atoms with E-state index in [4.69, 9.17) is 9.72 Å². The fourth-order valence-electron chi connectivity index (χ4n) is 6.29. The van der Waals surface area contributed by atoms with Gasteiger partial charge in [0, 0.05) is 48.9 Å². The highest BCUT2D eigenvalue weighted by atomic mass is 32.1. The molecule has 5 heterocycles. The van der Waals surface area contributed by atoms with Crippen LogP contribution in [0, 0.1) is 25.7 Å². The van der Waals surface area contributed by atoms with E-state index in [9.17, 15) is 4.79 Å². The zero-order valence-corrected chi connectivity index (χ0v) is 23.8. The van der Waals surface area contributed by atoms with Crippen LogP contribution in [0.1, 0.15) is 56.2 Å². The van der Waals surface area contributed by atoms with Gasteiger partial charge >= 0.3 is 6.09 Å². The molecule has 7 nitrogen and oxygen atoms in total. The number of piperidine rings is 1. The third-order valence-corrected chi connectivity index (χ3v) is 9.03. The largest absolute Gasteiger partial charge is 0.444 e. The molecule has 1 aliphatic carbocycles. The van der Waals surface area contributed by atoms with E-state index in [-0.39, 0.29) is 12.1 Å². The predicted octanol–water partition coefficient (Wildman–Crippen LogP) is 6.50. The second kappa shape index (κ2) is 9.56. The van der Waals surface area contributed by atoms with Crippen molar-refractivity contribution in [1.29, 1.82) is 0 Å². The summed E-state index contributed by atoms with van der Waals surface area (Å²) in [5, 5.41) is 3.50. The zero-order chi connectivity index (χ0) is 26.6. The standard InChI is InChI=1S/C30H37N5O2S/c1-18-14-32-28-24(18)13-21(15-33-28)20-11-22-17-34(27-16-31-19(2)38-27)10-8-23(22)25(12-20)26-7-6-9-35(26)29(36)37-30(3,4)5/h11-16,22-23,26H,6-10,17H2,1-5H3,(H,32,33)/t22?,23?,26-/m0/s1. The number of fused-ring (bicyclic) bond motifs is 2. The van der Waals surface area contributed by atoms with Gasteiger partial charge < -0.3 is 19.5 Å². The van der Waals surface area contributed by atoms with Gasteiger partial charge in [-0.3, -0.25) is 0 Å². The van der Waals surface area contributed by atoms with Gasteiger partial charge in [-0.2, -0.15) is 0 Å². The number of pyridine rings is 1. The molecule has 2 fully saturated rings. The predicted molar refractivity (Wildman–Crippen MR) is 154 cm³/mol. The second-order valence-electron chi connectivity index (χ2n) is 11.9. The van der Waals surface area contributed by atoms with Crippen molar-refractivity contribution >= 4 is 39.0 Å². The molecule has 38 heavy (non-hydrogen) atoms. The first-order valence-electron chi connectivity index (χ1n) is 13.7. The minimum atomic E-state index is -0.507. The van der Waals surface area contributed by atoms with Crippen molar-refractivity contribution in [1.82, 2.24) is 19.9 Å². The van der Waals surface area contributed by atoms with Crippen molar-refractivity contribution in [3.63, 3.8) is 0 Å². The third-order valence-electron chi connectivity index (χ3n) is 8.06. The van der Waals surface area contributed by atoms with E-state index >= 15 is 0 Å². The van der Waals surface area contributed by atoms with Crippen LogP contribution in [0.3, 0.4) is 0 Å². The van der Waals surface area contributed by atoms with Gasteiger partial charge in [0.2, 0.25) is 0 Å². The van der Waals surface area contributed by atoms with Gasteiger partial charge in [0.25, 0.3) is 0 Å². The molecule has 2 aliphatic heterocycles. The van der Waals surface area contributed by atoms with E-state index in [1.165, 1.54) is 21.7 Å². The maximum Gasteiger partial charge on any atom is 0.410 e. The number of nitrogens with zero attached hydrogens (tertiary/aromatic N) is 4. The summed E-state index contributed by atoms with van der Waals surface area (Å²) in [5.41, 5.74) is 5.32. The molecule has 6 rings (SSSR count). The Bertz CT molecular complexity index is 1430. The Morgan fingerprint density at radius 3 is 2.76 bits per heavy atom. The number of carbonyl (C=O) groups is 1. The lowest BCUT2D eigenvalue weighted by atomic mass is 9.72. The lowest BCUT2D eigenvalue weighted by Crippen LogP contribution is -2.46. The van der Waals surface area contributed by atoms with Gasteiger partial charge in [0.05, 0.1) is 17.2 Å². The number of amides is 1. The Morgan fingerprint density at radius 1 is 1.16 bits per heavy atom. The van der Waals surface area contributed by atoms with E-state index in [0.29, 0.717) is 11.8 Å². The Labute approximate surface area is 228 Å². The molecule has 3 aromatic rings. The first-order chi connectivity index (χ1) is 18.2. The third kappa shape index (κ3) is 4.75. The highest BCUT2D eigenvalue weighted by Gasteiger charge is 2.42. The summed E-state index contributed by atoms with van der Waals surface area (Å²) in [7, 11) is 0. The number of rotatable bonds is 3. The molecule has 0 saturated carbocycles. The highest BCUT2D eigenvalue weighted by molar-refractivity contribution is 7.15. The number of aryl methyl sites for hydroxylation is 2. The van der Waals surface area contributed by atoms with Crippen LogP contribution in [0.2, 0.25) is 0 Å². The molecule has 3 aromatic heterocycles. The van der Waals surface area contributed by atoms with Crippen LogP contribution in [0.4, 0.5) is 9.80 Å². The van der Waals surface area contributed by atoms with Crippen LogP contribution in [-0.4, -0.2) is 57.2 Å². The van der Waals surface area contributed by atoms with Gasteiger partial charge in [-0.15, -0.1) is 11.3 Å². The summed E-state index contributed by atoms with van der Waals surface area (Å²) in [6.45, 7) is 12.7. The van der Waals surface area contributed by atoms with E-state index in [1.807, 2.05) is 44.3 Å². The first-order valence-corrected chi connectivity index (χ1v) is 14.5. The van der Waals surface area contributed by atoms with Crippen molar-refractivity contribution in [3.05, 3.63) is 58.5 Å². The van der Waals surface area contributed by atoms with Crippen LogP contribution < -0.4 is 4.90 Å². The number of anilines is 1. The maximum atomic E-state index is 13.3. The van der Waals surface area contributed by atoms with Crippen LogP contribution in [0.15, 0.2) is 42.4 Å². The van der Waals surface area contributed by atoms with Crippen LogP contribution in [-0.2, 0) is 4.74 Å². The normalized spacial score (nSPS) is 23.9. The molecular weight excluding hydrogens is 494 g/mol. The number of hydrogen-bond acceptors (Lipinski definition) is 6. The number of allylic oxidation sites excluding steroid dienone is 2. The highest BCUT2D eigenvalue weighted by Crippen LogP contribution is 2.44. The van der Waals surface area contributed by atoms with Gasteiger partial charge in [-0.25, -0.2) is 14.8 Å². The smallest absolute Gasteiger partial charge is 0.410 e. The number of H-pyrrole nitrogens is 1. The lowest BCUT2D eigenvalue weighted by Gasteiger charge is -2.43. The SMILES string of the molecule is Cc1ncc(N2CCC3C([C@@H]4CCCN4C(=O)OC(C)(C)C)=CC(c4cnc5[nH]cc(C)c5c4)=CC3C2)s1. The fourth-order valence-corrected chi connectivity index (χ4v) is 7.10. The van der Waals surface area contributed by atoms with Crippen molar-refractivity contribution in [2.24, 2.45) is 11.8 Å². The van der Waals surface area contributed by atoms with Gasteiger partial charge in [-0.1, -0.05) is 12.2 Å². The number of nitrogens with one attached hydrogen (secondary N) is 1. The molecule has 8 heteroatoms. The molecule has 3 atom stereocenters. The van der Waals surface area contributed by atoms with E-state index in [2.05, 4.69) is 46.9 Å². The van der Waals surface area contributed by atoms with Crippen LogP contribution in [0.5, 0.6) is 0 Å². The van der Waals surface area contributed by atoms with Crippen molar-refractivity contribution in [2.45, 2.75) is 65.5 Å². The van der Waals surface area contributed by atoms with Crippen molar-refractivity contribution in [3.8, 4) is 0 Å². The van der Waals surface area contributed by atoms with Crippen molar-refractivity contribution in [2.75, 3.05) is 24.5 Å². The Morgan fingerprint density at radius 2 is 2.00 bits per heavy atom. The molecule has 1 amide bonds. The molecule has 0 spiro atoms. The summed E-state index contributed by atoms with van der Waals surface area (Å²) in [4.78, 5) is 30.2. The molecule has 0 aromatic carbocycles. The summed E-state index contributed by atoms with van der Waals surface area (Å²) in [5.74, 6) is 0.757. The number of likely N-dealkylation sites (tertiary alicyclic amines) is 1. The molecule has 0 bridgehead atoms. The fraction of sp³-hybridized carbons (Fsp3) is 0.500. The Kier molecular flexibility index (Phi) is 6.33. The summed E-state index contributed by atoms with van der Waals surface area (Å²) >= 11 is 1.77. The minimum absolute atomic E-state index is 0.0731. The molecular formula is C30H37N5O2S. The van der Waals surface area contributed by atoms with Gasteiger partial charge in [-0.05, 0) is 82.6 Å². The molecule has 2 unspecified atom stereocenters. The number of carbonyl (C=O) groups excluding carboxylic acids is 1. The quantitative estimate of drug-likeness (QED) is 0.417. The summed E-state index contributed by atoms with van der Waals surface area (Å²) in [6.07, 6.45) is 13.7. The topological polar surface area (TPSA) is 74.3 Å². The van der Waals surface area contributed by atoms with E-state index in [0.717, 1.165) is 60.5 Å². The van der Waals surface area contributed by atoms with E-state index in [1.54, 1.807) is 11.3 Å².